The summed E-state index contributed by atoms with van der Waals surface area (Å²) in [7, 11) is 0. The van der Waals surface area contributed by atoms with Crippen molar-refractivity contribution in [2.24, 2.45) is 0 Å². The van der Waals surface area contributed by atoms with E-state index in [1.54, 1.807) is 0 Å². The number of rotatable bonds is 1. The van der Waals surface area contributed by atoms with Crippen molar-refractivity contribution in [2.75, 3.05) is 0 Å². The van der Waals surface area contributed by atoms with Gasteiger partial charge in [-0.05, 0) is 58.6 Å². The summed E-state index contributed by atoms with van der Waals surface area (Å²) < 4.78 is 9.51. The number of furan rings is 1. The Labute approximate surface area is 298 Å². The Morgan fingerprint density at radius 3 is 2.00 bits per heavy atom. The molecule has 0 fully saturated rings. The molecule has 2 aromatic heterocycles. The van der Waals surface area contributed by atoms with E-state index in [0.29, 0.717) is 0 Å². The molecule has 0 bridgehead atoms. The third-order valence-electron chi connectivity index (χ3n) is 11.5. The van der Waals surface area contributed by atoms with E-state index >= 15 is 0 Å². The van der Waals surface area contributed by atoms with Crippen LogP contribution in [0.25, 0.3) is 60.6 Å². The molecule has 2 aliphatic heterocycles. The maximum atomic E-state index is 6.96. The first-order chi connectivity index (χ1) is 24.6. The lowest BCUT2D eigenvalue weighted by atomic mass is 9.36. The molecule has 0 saturated carbocycles. The molecule has 5 heteroatoms. The van der Waals surface area contributed by atoms with Crippen molar-refractivity contribution < 1.29 is 4.42 Å². The zero-order chi connectivity index (χ0) is 32.9. The molecule has 9 aromatic rings. The van der Waals surface area contributed by atoms with Gasteiger partial charge in [-0.15, -0.1) is 0 Å². The highest BCUT2D eigenvalue weighted by Gasteiger charge is 2.42. The van der Waals surface area contributed by atoms with E-state index in [1.165, 1.54) is 91.1 Å². The van der Waals surface area contributed by atoms with Crippen molar-refractivity contribution in [1.82, 2.24) is 4.57 Å². The highest BCUT2D eigenvalue weighted by molar-refractivity contribution is 8.01. The SMILES string of the molecule is CC1(C)c2ccccc2-c2c1c1c3ccccc3n(-c3cc4c5c(c3)Sc3ccccc3B5c3ccccc3S4)c1c1c2oc2ccccc21. The standard InChI is InChI=1S/C45H28BNOS2/c1-45(2)29-16-6-3-13-26(29)39-41(45)38-27-14-4-9-19-32(27)47(43(38)40-28-15-5-10-20-33(28)48-44(39)40)25-23-36-42-37(24-25)50-35-22-12-8-18-31(35)46(42)30-17-7-11-21-34(30)49-36/h3-24H,1-2H3. The number of benzene rings is 7. The first-order valence-electron chi connectivity index (χ1n) is 17.3. The summed E-state index contributed by atoms with van der Waals surface area (Å²) in [5.41, 5.74) is 14.9. The van der Waals surface area contributed by atoms with Crippen molar-refractivity contribution in [2.45, 2.75) is 38.8 Å². The molecule has 3 aliphatic rings. The first kappa shape index (κ1) is 27.7. The Kier molecular flexibility index (Phi) is 5.30. The van der Waals surface area contributed by atoms with Crippen LogP contribution in [0.1, 0.15) is 25.0 Å². The van der Waals surface area contributed by atoms with E-state index in [4.69, 9.17) is 4.42 Å². The Morgan fingerprint density at radius 1 is 0.620 bits per heavy atom. The fourth-order valence-electron chi connectivity index (χ4n) is 9.46. The molecule has 1 aliphatic carbocycles. The molecular weight excluding hydrogens is 645 g/mol. The van der Waals surface area contributed by atoms with Crippen LogP contribution < -0.4 is 16.4 Å². The first-order valence-corrected chi connectivity index (χ1v) is 18.9. The highest BCUT2D eigenvalue weighted by atomic mass is 32.2. The van der Waals surface area contributed by atoms with Gasteiger partial charge < -0.3 is 8.98 Å². The van der Waals surface area contributed by atoms with E-state index in [1.807, 2.05) is 23.5 Å². The van der Waals surface area contributed by atoms with E-state index in [2.05, 4.69) is 152 Å². The van der Waals surface area contributed by atoms with Gasteiger partial charge in [-0.1, -0.05) is 145 Å². The van der Waals surface area contributed by atoms with Gasteiger partial charge in [0.15, 0.2) is 0 Å². The number of para-hydroxylation sites is 2. The van der Waals surface area contributed by atoms with E-state index in [0.717, 1.165) is 16.6 Å². The van der Waals surface area contributed by atoms with Gasteiger partial charge in [-0.25, -0.2) is 0 Å². The number of aromatic nitrogens is 1. The number of hydrogen-bond donors (Lipinski definition) is 0. The molecule has 0 atom stereocenters. The zero-order valence-electron chi connectivity index (χ0n) is 27.5. The van der Waals surface area contributed by atoms with Crippen molar-refractivity contribution in [3.63, 3.8) is 0 Å². The number of fused-ring (bicyclic) bond motifs is 16. The second-order valence-electron chi connectivity index (χ2n) is 14.4. The van der Waals surface area contributed by atoms with Crippen molar-refractivity contribution >= 4 is 90.4 Å². The number of hydrogen-bond acceptors (Lipinski definition) is 3. The summed E-state index contributed by atoms with van der Waals surface area (Å²) >= 11 is 3.84. The molecule has 2 nitrogen and oxygen atoms in total. The molecular formula is C45H28BNOS2. The molecule has 0 amide bonds. The monoisotopic (exact) mass is 673 g/mol. The van der Waals surface area contributed by atoms with Gasteiger partial charge in [-0.3, -0.25) is 0 Å². The van der Waals surface area contributed by atoms with E-state index in [-0.39, 0.29) is 12.1 Å². The Morgan fingerprint density at radius 2 is 1.24 bits per heavy atom. The van der Waals surface area contributed by atoms with Gasteiger partial charge in [0.1, 0.15) is 11.2 Å². The Balaban J connectivity index is 1.26. The summed E-state index contributed by atoms with van der Waals surface area (Å²) in [4.78, 5) is 5.38. The lowest BCUT2D eigenvalue weighted by Crippen LogP contribution is -2.58. The van der Waals surface area contributed by atoms with Gasteiger partial charge in [0.2, 0.25) is 6.71 Å². The summed E-state index contributed by atoms with van der Waals surface area (Å²) in [5, 5.41) is 4.97. The summed E-state index contributed by atoms with van der Waals surface area (Å²) in [5.74, 6) is 0. The molecule has 50 heavy (non-hydrogen) atoms. The third kappa shape index (κ3) is 3.35. The van der Waals surface area contributed by atoms with Gasteiger partial charge >= 0.3 is 0 Å². The molecule has 7 aromatic carbocycles. The average Bonchev–Trinajstić information content (AvgIpc) is 3.77. The van der Waals surface area contributed by atoms with Crippen molar-refractivity contribution in [1.29, 1.82) is 0 Å². The van der Waals surface area contributed by atoms with Crippen LogP contribution >= 0.6 is 23.5 Å². The summed E-state index contributed by atoms with van der Waals surface area (Å²) in [6.45, 7) is 5.01. The van der Waals surface area contributed by atoms with Crippen LogP contribution in [0.5, 0.6) is 0 Å². The minimum Gasteiger partial charge on any atom is -0.455 e. The van der Waals surface area contributed by atoms with Crippen molar-refractivity contribution in [3.8, 4) is 16.8 Å². The topological polar surface area (TPSA) is 18.1 Å². The molecule has 0 saturated heterocycles. The van der Waals surface area contributed by atoms with E-state index in [9.17, 15) is 0 Å². The molecule has 0 N–H and O–H groups in total. The maximum Gasteiger partial charge on any atom is 0.247 e. The maximum absolute atomic E-state index is 6.96. The van der Waals surface area contributed by atoms with Gasteiger partial charge in [0.25, 0.3) is 0 Å². The largest absolute Gasteiger partial charge is 0.455 e. The zero-order valence-corrected chi connectivity index (χ0v) is 29.1. The third-order valence-corrected chi connectivity index (χ3v) is 13.8. The van der Waals surface area contributed by atoms with Gasteiger partial charge in [0.05, 0.1) is 16.4 Å². The van der Waals surface area contributed by atoms with Crippen LogP contribution in [0.2, 0.25) is 0 Å². The lowest BCUT2D eigenvalue weighted by Gasteiger charge is -2.33. The van der Waals surface area contributed by atoms with Crippen LogP contribution in [0.15, 0.2) is 157 Å². The second kappa shape index (κ2) is 9.57. The molecule has 12 rings (SSSR count). The van der Waals surface area contributed by atoms with Crippen LogP contribution in [0.3, 0.4) is 0 Å². The quantitative estimate of drug-likeness (QED) is 0.162. The molecule has 0 spiro atoms. The fraction of sp³-hybridized carbons (Fsp3) is 0.0667. The fourth-order valence-corrected chi connectivity index (χ4v) is 11.9. The van der Waals surface area contributed by atoms with E-state index < -0.39 is 0 Å². The molecule has 0 radical (unpaired) electrons. The average molecular weight is 674 g/mol. The van der Waals surface area contributed by atoms with Gasteiger partial charge in [-0.2, -0.15) is 0 Å². The molecule has 4 heterocycles. The Hall–Kier alpha value is -5.10. The normalized spacial score (nSPS) is 15.0. The second-order valence-corrected chi connectivity index (χ2v) is 16.5. The predicted octanol–water partition coefficient (Wildman–Crippen LogP) is 10.4. The van der Waals surface area contributed by atoms with Crippen LogP contribution in [0.4, 0.5) is 0 Å². The summed E-state index contributed by atoms with van der Waals surface area (Å²) in [6, 6.07) is 49.5. The smallest absolute Gasteiger partial charge is 0.247 e. The van der Waals surface area contributed by atoms with Crippen molar-refractivity contribution in [3.05, 3.63) is 145 Å². The van der Waals surface area contributed by atoms with Crippen LogP contribution in [0, 0.1) is 0 Å². The Bertz CT molecular complexity index is 2920. The number of nitrogens with zero attached hydrogens (tertiary/aromatic N) is 1. The van der Waals surface area contributed by atoms with Gasteiger partial charge in [0, 0.05) is 52.4 Å². The van der Waals surface area contributed by atoms with Crippen LogP contribution in [-0.4, -0.2) is 11.3 Å². The minimum atomic E-state index is -0.208. The lowest BCUT2D eigenvalue weighted by molar-refractivity contribution is 0.658. The molecule has 0 unspecified atom stereocenters. The minimum absolute atomic E-state index is 0.208. The molecule has 234 valence electrons. The predicted molar refractivity (Wildman–Crippen MR) is 211 cm³/mol. The highest BCUT2D eigenvalue weighted by Crippen LogP contribution is 2.58. The summed E-state index contributed by atoms with van der Waals surface area (Å²) in [6.07, 6.45) is 0. The van der Waals surface area contributed by atoms with Crippen LogP contribution in [-0.2, 0) is 5.41 Å².